The molecule has 0 bridgehead atoms. The van der Waals surface area contributed by atoms with E-state index >= 15 is 0 Å². The molecule has 1 N–H and O–H groups in total. The number of benzene rings is 1. The fourth-order valence-electron chi connectivity index (χ4n) is 5.08. The Bertz CT molecular complexity index is 1340. The SMILES string of the molecule is CNC(=O)c1c(C23CCC=C2C3)oc2cc(N(C)S(C)(=O)=O)c(B3OC(C)(C)C(C)(C)O3)cc12. The summed E-state index contributed by atoms with van der Waals surface area (Å²) in [6, 6.07) is 3.48. The molecule has 1 amide bonds. The number of anilines is 1. The molecule has 2 heterocycles. The third kappa shape index (κ3) is 3.26. The Morgan fingerprint density at radius 2 is 1.79 bits per heavy atom. The van der Waals surface area contributed by atoms with Gasteiger partial charge in [-0.15, -0.1) is 0 Å². The summed E-state index contributed by atoms with van der Waals surface area (Å²) in [5.74, 6) is 0.426. The second kappa shape index (κ2) is 7.12. The first-order valence-electron chi connectivity index (χ1n) is 11.5. The average Bonchev–Trinajstić information content (AvgIpc) is 3.02. The zero-order valence-electron chi connectivity index (χ0n) is 20.7. The molecule has 2 aliphatic carbocycles. The Morgan fingerprint density at radius 1 is 1.15 bits per heavy atom. The standard InChI is InChI=1S/C24H31BN2O6S/c1-22(2)23(3,4)33-25(32-22)16-11-15-18(12-17(16)27(6)34(7,29)30)31-20(19(15)21(28)26-5)24-10-8-9-14(24)13-24/h9,11-12H,8,10,13H2,1-7H3,(H,26,28). The van der Waals surface area contributed by atoms with Gasteiger partial charge in [-0.1, -0.05) is 11.6 Å². The van der Waals surface area contributed by atoms with Gasteiger partial charge in [0.1, 0.15) is 11.3 Å². The summed E-state index contributed by atoms with van der Waals surface area (Å²) < 4.78 is 45.2. The van der Waals surface area contributed by atoms with E-state index in [1.807, 2.05) is 27.7 Å². The van der Waals surface area contributed by atoms with Crippen molar-refractivity contribution in [2.45, 2.75) is 63.6 Å². The van der Waals surface area contributed by atoms with Crippen LogP contribution in [0.4, 0.5) is 5.69 Å². The van der Waals surface area contributed by atoms with E-state index < -0.39 is 28.3 Å². The van der Waals surface area contributed by atoms with Gasteiger partial charge in [0.05, 0.1) is 34.1 Å². The quantitative estimate of drug-likeness (QED) is 0.516. The molecule has 1 aliphatic heterocycles. The summed E-state index contributed by atoms with van der Waals surface area (Å²) in [7, 11) is -1.31. The maximum absolute atomic E-state index is 13.1. The lowest BCUT2D eigenvalue weighted by molar-refractivity contribution is 0.00578. The van der Waals surface area contributed by atoms with Gasteiger partial charge in [0.15, 0.2) is 0 Å². The van der Waals surface area contributed by atoms with Crippen molar-refractivity contribution in [1.82, 2.24) is 5.32 Å². The number of allylic oxidation sites excluding steroid dienone is 2. The van der Waals surface area contributed by atoms with Crippen LogP contribution < -0.4 is 15.1 Å². The normalized spacial score (nSPS) is 24.8. The molecule has 1 unspecified atom stereocenters. The van der Waals surface area contributed by atoms with Gasteiger partial charge in [0.2, 0.25) is 10.0 Å². The van der Waals surface area contributed by atoms with Gasteiger partial charge in [-0.25, -0.2) is 8.42 Å². The summed E-state index contributed by atoms with van der Waals surface area (Å²) in [5, 5.41) is 3.37. The van der Waals surface area contributed by atoms with E-state index in [0.717, 1.165) is 25.5 Å². The van der Waals surface area contributed by atoms with Gasteiger partial charge in [-0.2, -0.15) is 0 Å². The highest BCUT2D eigenvalue weighted by atomic mass is 32.2. The maximum atomic E-state index is 13.1. The summed E-state index contributed by atoms with van der Waals surface area (Å²) in [6.07, 6.45) is 6.12. The van der Waals surface area contributed by atoms with Gasteiger partial charge >= 0.3 is 7.12 Å². The number of rotatable bonds is 5. The van der Waals surface area contributed by atoms with Gasteiger partial charge in [-0.3, -0.25) is 9.10 Å². The molecule has 10 heteroatoms. The number of nitrogens with one attached hydrogen (secondary N) is 1. The number of amides is 1. The van der Waals surface area contributed by atoms with Gasteiger partial charge in [0, 0.05) is 31.0 Å². The van der Waals surface area contributed by atoms with Crippen LogP contribution in [0.1, 0.15) is 63.1 Å². The molecule has 1 saturated heterocycles. The van der Waals surface area contributed by atoms with Gasteiger partial charge in [-0.05, 0) is 53.0 Å². The van der Waals surface area contributed by atoms with Crippen molar-refractivity contribution in [1.29, 1.82) is 0 Å². The van der Waals surface area contributed by atoms with Crippen molar-refractivity contribution in [3.8, 4) is 0 Å². The van der Waals surface area contributed by atoms with Crippen molar-refractivity contribution in [2.24, 2.45) is 0 Å². The molecule has 182 valence electrons. The number of carbonyl (C=O) groups is 1. The van der Waals surface area contributed by atoms with Crippen molar-refractivity contribution < 1.29 is 26.9 Å². The minimum absolute atomic E-state index is 0.228. The lowest BCUT2D eigenvalue weighted by Crippen LogP contribution is -2.41. The van der Waals surface area contributed by atoms with E-state index in [1.54, 1.807) is 19.2 Å². The molecule has 2 fully saturated rings. The highest BCUT2D eigenvalue weighted by Crippen LogP contribution is 2.62. The smallest absolute Gasteiger partial charge is 0.459 e. The number of furan rings is 1. The van der Waals surface area contributed by atoms with Crippen LogP contribution >= 0.6 is 0 Å². The Balaban J connectivity index is 1.76. The van der Waals surface area contributed by atoms with Gasteiger partial charge in [0.25, 0.3) is 5.91 Å². The molecule has 0 spiro atoms. The highest BCUT2D eigenvalue weighted by Gasteiger charge is 2.57. The molecule has 2 aromatic rings. The first-order valence-corrected chi connectivity index (χ1v) is 13.4. The molecular weight excluding hydrogens is 455 g/mol. The number of fused-ring (bicyclic) bond motifs is 2. The van der Waals surface area contributed by atoms with Crippen LogP contribution in [0.3, 0.4) is 0 Å². The minimum atomic E-state index is -3.59. The lowest BCUT2D eigenvalue weighted by Gasteiger charge is -2.32. The van der Waals surface area contributed by atoms with E-state index in [-0.39, 0.29) is 11.3 Å². The Hall–Kier alpha value is -2.30. The summed E-state index contributed by atoms with van der Waals surface area (Å²) >= 11 is 0. The average molecular weight is 486 g/mol. The molecule has 8 nitrogen and oxygen atoms in total. The van der Waals surface area contributed by atoms with Crippen LogP contribution in [0.5, 0.6) is 0 Å². The second-order valence-corrected chi connectivity index (χ2v) is 12.7. The zero-order valence-corrected chi connectivity index (χ0v) is 21.6. The monoisotopic (exact) mass is 486 g/mol. The van der Waals surface area contributed by atoms with E-state index in [0.29, 0.717) is 33.4 Å². The number of sulfonamides is 1. The van der Waals surface area contributed by atoms with Crippen molar-refractivity contribution in [2.75, 3.05) is 24.7 Å². The number of hydrogen-bond acceptors (Lipinski definition) is 6. The van der Waals surface area contributed by atoms with Crippen LogP contribution in [0, 0.1) is 0 Å². The molecular formula is C24H31BN2O6S. The van der Waals surface area contributed by atoms with Crippen LogP contribution in [0.2, 0.25) is 0 Å². The summed E-state index contributed by atoms with van der Waals surface area (Å²) in [4.78, 5) is 13.1. The molecule has 1 atom stereocenters. The molecule has 3 aliphatic rings. The maximum Gasteiger partial charge on any atom is 0.497 e. The van der Waals surface area contributed by atoms with Crippen LogP contribution in [-0.4, -0.2) is 53.0 Å². The molecule has 1 aromatic heterocycles. The second-order valence-electron chi connectivity index (χ2n) is 10.6. The molecule has 1 saturated carbocycles. The minimum Gasteiger partial charge on any atom is -0.459 e. The first kappa shape index (κ1) is 23.4. The van der Waals surface area contributed by atoms with E-state index in [4.69, 9.17) is 13.7 Å². The molecule has 1 aromatic carbocycles. The molecule has 34 heavy (non-hydrogen) atoms. The Labute approximate surface area is 200 Å². The Morgan fingerprint density at radius 3 is 2.29 bits per heavy atom. The largest absolute Gasteiger partial charge is 0.497 e. The lowest BCUT2D eigenvalue weighted by atomic mass is 9.76. The predicted octanol–water partition coefficient (Wildman–Crippen LogP) is 2.85. The highest BCUT2D eigenvalue weighted by molar-refractivity contribution is 7.92. The van der Waals surface area contributed by atoms with E-state index in [2.05, 4.69) is 11.4 Å². The van der Waals surface area contributed by atoms with Crippen molar-refractivity contribution >= 4 is 45.2 Å². The predicted molar refractivity (Wildman–Crippen MR) is 132 cm³/mol. The van der Waals surface area contributed by atoms with Crippen LogP contribution in [0.25, 0.3) is 11.0 Å². The third-order valence-corrected chi connectivity index (χ3v) is 9.21. The molecule has 5 rings (SSSR count). The van der Waals surface area contributed by atoms with E-state index in [1.165, 1.54) is 16.9 Å². The molecule has 0 radical (unpaired) electrons. The van der Waals surface area contributed by atoms with Crippen LogP contribution in [0.15, 0.2) is 28.2 Å². The van der Waals surface area contributed by atoms with E-state index in [9.17, 15) is 13.2 Å². The third-order valence-electron chi connectivity index (χ3n) is 8.01. The number of hydrogen-bond donors (Lipinski definition) is 1. The Kier molecular flexibility index (Phi) is 4.91. The number of nitrogens with zero attached hydrogens (tertiary/aromatic N) is 1. The van der Waals surface area contributed by atoms with Crippen LogP contribution in [-0.2, 0) is 24.7 Å². The summed E-state index contributed by atoms with van der Waals surface area (Å²) in [6.45, 7) is 7.77. The zero-order chi connectivity index (χ0) is 24.8. The fourth-order valence-corrected chi connectivity index (χ4v) is 5.59. The topological polar surface area (TPSA) is 98.1 Å². The fraction of sp³-hybridized carbons (Fsp3) is 0.542. The summed E-state index contributed by atoms with van der Waals surface area (Å²) in [5.41, 5.74) is 1.73. The number of carbonyl (C=O) groups excluding carboxylic acids is 1. The van der Waals surface area contributed by atoms with Crippen molar-refractivity contribution in [3.63, 3.8) is 0 Å². The van der Waals surface area contributed by atoms with Crippen molar-refractivity contribution in [3.05, 3.63) is 35.1 Å². The van der Waals surface area contributed by atoms with Gasteiger partial charge < -0.3 is 19.0 Å². The first-order chi connectivity index (χ1) is 15.7.